The van der Waals surface area contributed by atoms with E-state index in [0.717, 1.165) is 25.7 Å². The zero-order valence-electron chi connectivity index (χ0n) is 13.0. The zero-order valence-corrected chi connectivity index (χ0v) is 15.5. The first-order valence-electron chi connectivity index (χ1n) is 7.66. The van der Waals surface area contributed by atoms with Gasteiger partial charge in [0, 0.05) is 18.6 Å². The quantitative estimate of drug-likeness (QED) is 0.594. The molecule has 24 heavy (non-hydrogen) atoms. The Kier molecular flexibility index (Phi) is 5.94. The normalized spacial score (nSPS) is 19.5. The first kappa shape index (κ1) is 19.6. The van der Waals surface area contributed by atoms with Crippen LogP contribution >= 0.6 is 12.4 Å². The summed E-state index contributed by atoms with van der Waals surface area (Å²) in [5.74, 6) is 0.276. The van der Waals surface area contributed by atoms with Crippen LogP contribution in [0.4, 0.5) is 0 Å². The highest BCUT2D eigenvalue weighted by atomic mass is 35.5. The summed E-state index contributed by atoms with van der Waals surface area (Å²) in [6.45, 7) is 0.227. The van der Waals surface area contributed by atoms with Crippen LogP contribution in [0.5, 0.6) is 0 Å². The minimum atomic E-state index is -3.79. The van der Waals surface area contributed by atoms with Crippen molar-refractivity contribution < 1.29 is 16.8 Å². The molecular formula is C14H22ClN3O4S2. The molecule has 1 aromatic rings. The van der Waals surface area contributed by atoms with Crippen LogP contribution in [0, 0.1) is 5.92 Å². The molecule has 7 nitrogen and oxygen atoms in total. The van der Waals surface area contributed by atoms with Gasteiger partial charge in [0.25, 0.3) is 0 Å². The second-order valence-electron chi connectivity index (χ2n) is 6.17. The average Bonchev–Trinajstić information content (AvgIpc) is 3.38. The van der Waals surface area contributed by atoms with Crippen molar-refractivity contribution in [1.29, 1.82) is 0 Å². The van der Waals surface area contributed by atoms with Crippen molar-refractivity contribution in [3.8, 4) is 0 Å². The molecule has 1 aromatic carbocycles. The van der Waals surface area contributed by atoms with Gasteiger partial charge in [0.2, 0.25) is 20.0 Å². The van der Waals surface area contributed by atoms with Crippen LogP contribution in [0.1, 0.15) is 25.7 Å². The second-order valence-corrected chi connectivity index (χ2v) is 9.60. The van der Waals surface area contributed by atoms with E-state index in [1.165, 1.54) is 24.3 Å². The lowest BCUT2D eigenvalue weighted by atomic mass is 10.2. The van der Waals surface area contributed by atoms with E-state index in [1.54, 1.807) is 0 Å². The lowest BCUT2D eigenvalue weighted by molar-refractivity contribution is 0.519. The molecule has 2 saturated carbocycles. The summed E-state index contributed by atoms with van der Waals surface area (Å²) >= 11 is 0. The number of hydrogen-bond donors (Lipinski definition) is 3. The third-order valence-electron chi connectivity index (χ3n) is 4.08. The third-order valence-corrected chi connectivity index (χ3v) is 7.08. The van der Waals surface area contributed by atoms with Crippen LogP contribution in [-0.4, -0.2) is 35.5 Å². The summed E-state index contributed by atoms with van der Waals surface area (Å²) < 4.78 is 54.5. The number of nitrogens with two attached hydrogens (primary N) is 1. The zero-order chi connectivity index (χ0) is 16.7. The summed E-state index contributed by atoms with van der Waals surface area (Å²) in [5.41, 5.74) is 5.63. The summed E-state index contributed by atoms with van der Waals surface area (Å²) in [7, 11) is -7.48. The molecule has 2 aliphatic rings. The van der Waals surface area contributed by atoms with Crippen molar-refractivity contribution in [2.24, 2.45) is 11.7 Å². The minimum absolute atomic E-state index is 0. The largest absolute Gasteiger partial charge is 0.329 e. The average molecular weight is 396 g/mol. The lowest BCUT2D eigenvalue weighted by Gasteiger charge is -2.16. The fraction of sp³-hybridized carbons (Fsp3) is 0.571. The summed E-state index contributed by atoms with van der Waals surface area (Å²) in [6, 6.07) is 5.07. The van der Waals surface area contributed by atoms with Crippen molar-refractivity contribution in [2.75, 3.05) is 6.54 Å². The predicted octanol–water partition coefficient (Wildman–Crippen LogP) is 0.565. The molecule has 2 aliphatic carbocycles. The molecular weight excluding hydrogens is 374 g/mol. The van der Waals surface area contributed by atoms with Gasteiger partial charge in [-0.1, -0.05) is 6.07 Å². The molecule has 0 spiro atoms. The molecule has 0 bridgehead atoms. The summed E-state index contributed by atoms with van der Waals surface area (Å²) in [4.78, 5) is -0.0988. The van der Waals surface area contributed by atoms with Crippen LogP contribution in [0.25, 0.3) is 0 Å². The van der Waals surface area contributed by atoms with E-state index < -0.39 is 20.0 Å². The van der Waals surface area contributed by atoms with E-state index in [-0.39, 0.29) is 46.7 Å². The highest BCUT2D eigenvalue weighted by Gasteiger charge is 2.34. The Hall–Kier alpha value is -0.710. The molecule has 1 unspecified atom stereocenters. The Balaban J connectivity index is 0.00000208. The Bertz CT molecular complexity index is 790. The van der Waals surface area contributed by atoms with E-state index in [2.05, 4.69) is 9.44 Å². The molecule has 10 heteroatoms. The molecule has 0 aromatic heterocycles. The van der Waals surface area contributed by atoms with E-state index in [1.807, 2.05) is 0 Å². The van der Waals surface area contributed by atoms with Crippen LogP contribution in [0.15, 0.2) is 34.1 Å². The smallest absolute Gasteiger partial charge is 0.240 e. The molecule has 136 valence electrons. The van der Waals surface area contributed by atoms with E-state index >= 15 is 0 Å². The number of benzene rings is 1. The summed E-state index contributed by atoms with van der Waals surface area (Å²) in [5, 5.41) is 0. The number of rotatable bonds is 8. The Morgan fingerprint density at radius 1 is 1.04 bits per heavy atom. The van der Waals surface area contributed by atoms with Crippen molar-refractivity contribution in [2.45, 2.75) is 47.6 Å². The Morgan fingerprint density at radius 3 is 2.12 bits per heavy atom. The number of nitrogens with one attached hydrogen (secondary N) is 2. The SMILES string of the molecule is Cl.NCC(NS(=O)(=O)c1cccc(S(=O)(=O)NC2CC2)c1)C1CC1. The number of halogens is 1. The van der Waals surface area contributed by atoms with Gasteiger partial charge in [-0.2, -0.15) is 0 Å². The van der Waals surface area contributed by atoms with Crippen LogP contribution in [-0.2, 0) is 20.0 Å². The van der Waals surface area contributed by atoms with Gasteiger partial charge in [0.05, 0.1) is 9.79 Å². The van der Waals surface area contributed by atoms with Crippen molar-refractivity contribution in [1.82, 2.24) is 9.44 Å². The molecule has 1 atom stereocenters. The van der Waals surface area contributed by atoms with Crippen LogP contribution < -0.4 is 15.2 Å². The van der Waals surface area contributed by atoms with Crippen molar-refractivity contribution in [3.05, 3.63) is 24.3 Å². The maximum atomic E-state index is 12.5. The fourth-order valence-electron chi connectivity index (χ4n) is 2.40. The first-order valence-corrected chi connectivity index (χ1v) is 10.6. The molecule has 2 fully saturated rings. The van der Waals surface area contributed by atoms with Gasteiger partial charge in [0.15, 0.2) is 0 Å². The maximum absolute atomic E-state index is 12.5. The van der Waals surface area contributed by atoms with Gasteiger partial charge in [-0.3, -0.25) is 0 Å². The molecule has 0 aliphatic heterocycles. The van der Waals surface area contributed by atoms with Gasteiger partial charge in [-0.25, -0.2) is 26.3 Å². The highest BCUT2D eigenvalue weighted by Crippen LogP contribution is 2.33. The molecule has 3 rings (SSSR count). The van der Waals surface area contributed by atoms with E-state index in [4.69, 9.17) is 5.73 Å². The molecule has 0 heterocycles. The Morgan fingerprint density at radius 2 is 1.62 bits per heavy atom. The molecule has 0 radical (unpaired) electrons. The van der Waals surface area contributed by atoms with Crippen molar-refractivity contribution in [3.63, 3.8) is 0 Å². The second kappa shape index (κ2) is 7.27. The highest BCUT2D eigenvalue weighted by molar-refractivity contribution is 7.90. The van der Waals surface area contributed by atoms with E-state index in [9.17, 15) is 16.8 Å². The standard InChI is InChI=1S/C14H21N3O4S2.ClH/c15-9-14(10-4-5-10)17-23(20,21)13-3-1-2-12(8-13)22(18,19)16-11-6-7-11;/h1-3,8,10-11,14,16-17H,4-7,9,15H2;1H. The predicted molar refractivity (Wildman–Crippen MR) is 92.9 cm³/mol. The monoisotopic (exact) mass is 395 g/mol. The third kappa shape index (κ3) is 4.68. The molecule has 4 N–H and O–H groups in total. The van der Waals surface area contributed by atoms with Gasteiger partial charge < -0.3 is 5.73 Å². The fourth-order valence-corrected chi connectivity index (χ4v) is 5.19. The first-order chi connectivity index (χ1) is 10.8. The van der Waals surface area contributed by atoms with E-state index in [0.29, 0.717) is 0 Å². The Labute approximate surface area is 148 Å². The van der Waals surface area contributed by atoms with Crippen molar-refractivity contribution >= 4 is 32.5 Å². The van der Waals surface area contributed by atoms with Crippen LogP contribution in [0.3, 0.4) is 0 Å². The molecule has 0 saturated heterocycles. The minimum Gasteiger partial charge on any atom is -0.329 e. The van der Waals surface area contributed by atoms with Gasteiger partial charge in [-0.15, -0.1) is 12.4 Å². The van der Waals surface area contributed by atoms with Crippen LogP contribution in [0.2, 0.25) is 0 Å². The lowest BCUT2D eigenvalue weighted by Crippen LogP contribution is -2.41. The van der Waals surface area contributed by atoms with Gasteiger partial charge in [0.1, 0.15) is 0 Å². The number of sulfonamides is 2. The molecule has 0 amide bonds. The van der Waals surface area contributed by atoms with Gasteiger partial charge in [-0.05, 0) is 49.8 Å². The topological polar surface area (TPSA) is 118 Å². The number of hydrogen-bond acceptors (Lipinski definition) is 5. The summed E-state index contributed by atoms with van der Waals surface area (Å²) in [6.07, 6.45) is 3.56. The van der Waals surface area contributed by atoms with Gasteiger partial charge >= 0.3 is 0 Å². The maximum Gasteiger partial charge on any atom is 0.240 e.